The Balaban J connectivity index is 3.49. The average Bonchev–Trinajstić information content (AvgIpc) is 2.14. The van der Waals surface area contributed by atoms with Gasteiger partial charge in [-0.15, -0.1) is 0 Å². The van der Waals surface area contributed by atoms with Crippen LogP contribution in [-0.4, -0.2) is 4.98 Å². The zero-order valence-electron chi connectivity index (χ0n) is 7.52. The quantitative estimate of drug-likeness (QED) is 0.763. The first-order valence-electron chi connectivity index (χ1n) is 3.83. The van der Waals surface area contributed by atoms with Crippen molar-refractivity contribution in [2.24, 2.45) is 0 Å². The maximum Gasteiger partial charge on any atom is 0.421 e. The Hall–Kier alpha value is -1.91. The first kappa shape index (κ1) is 12.2. The number of nitrogen functional groups attached to an aromatic ring is 1. The van der Waals surface area contributed by atoms with Crippen molar-refractivity contribution >= 4 is 5.82 Å². The minimum atomic E-state index is -4.90. The Labute approximate surface area is 86.3 Å². The summed E-state index contributed by atoms with van der Waals surface area (Å²) in [4.78, 5) is 2.90. The fourth-order valence-electron chi connectivity index (χ4n) is 1.08. The molecule has 1 aromatic rings. The molecule has 0 aliphatic carbocycles. The fraction of sp³-hybridized carbons (Fsp3) is 0.250. The van der Waals surface area contributed by atoms with E-state index in [1.807, 2.05) is 0 Å². The number of rotatable bonds is 1. The summed E-state index contributed by atoms with van der Waals surface area (Å²) in [6.07, 6.45) is -7.99. The summed E-state index contributed by atoms with van der Waals surface area (Å²) in [6.45, 7) is 0. The van der Waals surface area contributed by atoms with Gasteiger partial charge in [0.2, 0.25) is 0 Å². The lowest BCUT2D eigenvalue weighted by Crippen LogP contribution is -2.14. The second-order valence-corrected chi connectivity index (χ2v) is 2.77. The predicted molar refractivity (Wildman–Crippen MR) is 43.3 cm³/mol. The van der Waals surface area contributed by atoms with Crippen LogP contribution in [0.2, 0.25) is 0 Å². The van der Waals surface area contributed by atoms with Crippen molar-refractivity contribution in [3.8, 4) is 6.07 Å². The molecule has 0 fully saturated rings. The molecule has 0 unspecified atom stereocenters. The molecule has 0 atom stereocenters. The van der Waals surface area contributed by atoms with Crippen LogP contribution in [0.1, 0.15) is 23.2 Å². The van der Waals surface area contributed by atoms with Crippen LogP contribution in [0.25, 0.3) is 0 Å². The maximum atomic E-state index is 12.4. The third-order valence-electron chi connectivity index (χ3n) is 1.69. The van der Waals surface area contributed by atoms with Gasteiger partial charge in [-0.25, -0.2) is 13.8 Å². The van der Waals surface area contributed by atoms with Crippen LogP contribution in [0.5, 0.6) is 0 Å². The van der Waals surface area contributed by atoms with Gasteiger partial charge in [0.25, 0.3) is 6.43 Å². The SMILES string of the molecule is N#Cc1cc(C(F)F)nc(N)c1C(F)(F)F. The first-order chi connectivity index (χ1) is 7.27. The van der Waals surface area contributed by atoms with Gasteiger partial charge < -0.3 is 5.73 Å². The molecule has 1 aromatic heterocycles. The van der Waals surface area contributed by atoms with E-state index in [1.165, 1.54) is 0 Å². The number of nitrogens with zero attached hydrogens (tertiary/aromatic N) is 2. The van der Waals surface area contributed by atoms with E-state index in [1.54, 1.807) is 0 Å². The third-order valence-corrected chi connectivity index (χ3v) is 1.69. The topological polar surface area (TPSA) is 62.7 Å². The molecule has 3 nitrogen and oxygen atoms in total. The second kappa shape index (κ2) is 3.92. The summed E-state index contributed by atoms with van der Waals surface area (Å²) in [5.74, 6) is -1.12. The van der Waals surface area contributed by atoms with E-state index in [2.05, 4.69) is 4.98 Å². The molecule has 0 saturated heterocycles. The average molecular weight is 237 g/mol. The number of hydrogen-bond acceptors (Lipinski definition) is 3. The van der Waals surface area contributed by atoms with Gasteiger partial charge in [0.05, 0.1) is 11.6 Å². The highest BCUT2D eigenvalue weighted by molar-refractivity contribution is 5.53. The van der Waals surface area contributed by atoms with E-state index in [0.717, 1.165) is 6.07 Å². The predicted octanol–water partition coefficient (Wildman–Crippen LogP) is 2.49. The summed E-state index contributed by atoms with van der Waals surface area (Å²) in [5.41, 5.74) is 1.50. The summed E-state index contributed by atoms with van der Waals surface area (Å²) in [6, 6.07) is 1.54. The molecule has 0 amide bonds. The van der Waals surface area contributed by atoms with Crippen molar-refractivity contribution < 1.29 is 22.0 Å². The molecule has 0 aromatic carbocycles. The number of anilines is 1. The molecule has 16 heavy (non-hydrogen) atoms. The molecule has 86 valence electrons. The third kappa shape index (κ3) is 2.18. The lowest BCUT2D eigenvalue weighted by Gasteiger charge is -2.12. The Morgan fingerprint density at radius 3 is 2.31 bits per heavy atom. The summed E-state index contributed by atoms with van der Waals surface area (Å²) in [5, 5.41) is 8.43. The molecule has 0 spiro atoms. The maximum absolute atomic E-state index is 12.4. The lowest BCUT2D eigenvalue weighted by atomic mass is 10.1. The van der Waals surface area contributed by atoms with Crippen molar-refractivity contribution in [3.05, 3.63) is 22.9 Å². The molecule has 0 aliphatic heterocycles. The second-order valence-electron chi connectivity index (χ2n) is 2.77. The van der Waals surface area contributed by atoms with Crippen LogP contribution >= 0.6 is 0 Å². The van der Waals surface area contributed by atoms with Crippen molar-refractivity contribution in [1.29, 1.82) is 5.26 Å². The highest BCUT2D eigenvalue weighted by Crippen LogP contribution is 2.36. The summed E-state index contributed by atoms with van der Waals surface area (Å²) < 4.78 is 61.5. The highest BCUT2D eigenvalue weighted by Gasteiger charge is 2.37. The van der Waals surface area contributed by atoms with Crippen LogP contribution < -0.4 is 5.73 Å². The Morgan fingerprint density at radius 2 is 1.94 bits per heavy atom. The molecule has 8 heteroatoms. The number of nitrogens with two attached hydrogens (primary N) is 1. The molecular formula is C8H4F5N3. The number of hydrogen-bond donors (Lipinski definition) is 1. The molecule has 0 bridgehead atoms. The molecule has 0 saturated carbocycles. The van der Waals surface area contributed by atoms with Gasteiger partial charge in [0.15, 0.2) is 0 Å². The van der Waals surface area contributed by atoms with E-state index >= 15 is 0 Å². The molecule has 0 aliphatic rings. The number of aromatic nitrogens is 1. The first-order valence-corrected chi connectivity index (χ1v) is 3.83. The van der Waals surface area contributed by atoms with Crippen molar-refractivity contribution in [3.63, 3.8) is 0 Å². The van der Waals surface area contributed by atoms with Crippen molar-refractivity contribution in [1.82, 2.24) is 4.98 Å². The van der Waals surface area contributed by atoms with E-state index in [4.69, 9.17) is 11.0 Å². The minimum absolute atomic E-state index is 0.379. The highest BCUT2D eigenvalue weighted by atomic mass is 19.4. The fourth-order valence-corrected chi connectivity index (χ4v) is 1.08. The molecule has 0 radical (unpaired) electrons. The van der Waals surface area contributed by atoms with Crippen LogP contribution in [-0.2, 0) is 6.18 Å². The van der Waals surface area contributed by atoms with Gasteiger partial charge in [-0.3, -0.25) is 0 Å². The van der Waals surface area contributed by atoms with Crippen molar-refractivity contribution in [2.75, 3.05) is 5.73 Å². The van der Waals surface area contributed by atoms with Crippen LogP contribution in [0.3, 0.4) is 0 Å². The molecule has 1 heterocycles. The van der Waals surface area contributed by atoms with Crippen LogP contribution in [0.15, 0.2) is 6.07 Å². The number of pyridine rings is 1. The van der Waals surface area contributed by atoms with E-state index in [-0.39, 0.29) is 0 Å². The smallest absolute Gasteiger partial charge is 0.383 e. The van der Waals surface area contributed by atoms with Crippen LogP contribution in [0.4, 0.5) is 27.8 Å². The monoisotopic (exact) mass is 237 g/mol. The number of nitriles is 1. The van der Waals surface area contributed by atoms with Gasteiger partial charge in [0, 0.05) is 0 Å². The number of halogens is 5. The van der Waals surface area contributed by atoms with Crippen LogP contribution in [0, 0.1) is 11.3 Å². The van der Waals surface area contributed by atoms with Crippen molar-refractivity contribution in [2.45, 2.75) is 12.6 Å². The zero-order chi connectivity index (χ0) is 12.5. The van der Waals surface area contributed by atoms with E-state index in [9.17, 15) is 22.0 Å². The zero-order valence-corrected chi connectivity index (χ0v) is 7.52. The normalized spacial score (nSPS) is 11.6. The van der Waals surface area contributed by atoms with Gasteiger partial charge in [-0.05, 0) is 6.07 Å². The van der Waals surface area contributed by atoms with Gasteiger partial charge in [-0.1, -0.05) is 0 Å². The molecule has 2 N–H and O–H groups in total. The number of alkyl halides is 5. The molecular weight excluding hydrogens is 233 g/mol. The van der Waals surface area contributed by atoms with Gasteiger partial charge in [-0.2, -0.15) is 18.4 Å². The molecule has 1 rings (SSSR count). The summed E-state index contributed by atoms with van der Waals surface area (Å²) in [7, 11) is 0. The summed E-state index contributed by atoms with van der Waals surface area (Å²) >= 11 is 0. The van der Waals surface area contributed by atoms with Gasteiger partial charge in [0.1, 0.15) is 17.1 Å². The standard InChI is InChI=1S/C8H4F5N3/c9-6(10)4-1-3(2-14)5(7(15)16-4)8(11,12)13/h1,6H,(H2,15,16). The minimum Gasteiger partial charge on any atom is -0.383 e. The van der Waals surface area contributed by atoms with E-state index < -0.39 is 35.2 Å². The lowest BCUT2D eigenvalue weighted by molar-refractivity contribution is -0.137. The Bertz CT molecular complexity index is 446. The Morgan fingerprint density at radius 1 is 1.38 bits per heavy atom. The van der Waals surface area contributed by atoms with E-state index in [0.29, 0.717) is 6.07 Å². The van der Waals surface area contributed by atoms with Gasteiger partial charge >= 0.3 is 6.18 Å². The Kier molecular flexibility index (Phi) is 2.98. The largest absolute Gasteiger partial charge is 0.421 e.